The fourth-order valence-corrected chi connectivity index (χ4v) is 1.39. The number of aliphatic carboxylic acids is 1. The van der Waals surface area contributed by atoms with Crippen LogP contribution in [0.25, 0.3) is 5.53 Å². The highest BCUT2D eigenvalue weighted by atomic mass is 16.5. The van der Waals surface area contributed by atoms with Crippen LogP contribution in [0.1, 0.15) is 26.7 Å². The number of hydrogen-bond donors (Lipinski definition) is 2. The lowest BCUT2D eigenvalue weighted by atomic mass is 10.0. The number of rotatable bonds is 9. The lowest BCUT2D eigenvalue weighted by Crippen LogP contribution is -2.45. The van der Waals surface area contributed by atoms with Crippen LogP contribution in [0, 0.1) is 5.92 Å². The van der Waals surface area contributed by atoms with Crippen LogP contribution >= 0.6 is 0 Å². The monoisotopic (exact) mass is 285 g/mol. The number of carbonyl (C=O) groups excluding carboxylic acids is 2. The number of amides is 1. The average Bonchev–Trinajstić information content (AvgIpc) is 2.41. The van der Waals surface area contributed by atoms with Gasteiger partial charge in [-0.25, -0.2) is 4.79 Å². The van der Waals surface area contributed by atoms with E-state index in [1.807, 2.05) is 0 Å². The molecule has 1 unspecified atom stereocenters. The zero-order valence-electron chi connectivity index (χ0n) is 11.7. The molecule has 1 amide bonds. The van der Waals surface area contributed by atoms with Crippen LogP contribution in [-0.2, 0) is 19.1 Å². The molecule has 0 saturated heterocycles. The van der Waals surface area contributed by atoms with Crippen molar-refractivity contribution in [3.05, 3.63) is 5.53 Å². The van der Waals surface area contributed by atoms with Crippen molar-refractivity contribution in [3.63, 3.8) is 0 Å². The number of Topliss-reactive ketones (excluding diaryl/α,β-unsaturated/α-hetero) is 1. The molecule has 0 aromatic rings. The van der Waals surface area contributed by atoms with Gasteiger partial charge in [-0.15, -0.1) is 0 Å². The average molecular weight is 285 g/mol. The predicted molar refractivity (Wildman–Crippen MR) is 69.1 cm³/mol. The maximum Gasteiger partial charge on any atom is 0.326 e. The molecule has 0 aromatic heterocycles. The largest absolute Gasteiger partial charge is 0.480 e. The maximum absolute atomic E-state index is 11.8. The summed E-state index contributed by atoms with van der Waals surface area (Å²) in [4.78, 5) is 36.5. The van der Waals surface area contributed by atoms with Gasteiger partial charge in [0.25, 0.3) is 0 Å². The molecule has 0 saturated carbocycles. The first-order chi connectivity index (χ1) is 9.33. The van der Waals surface area contributed by atoms with Crippen LogP contribution in [0.2, 0.25) is 0 Å². The van der Waals surface area contributed by atoms with Gasteiger partial charge < -0.3 is 20.7 Å². The molecule has 8 heteroatoms. The van der Waals surface area contributed by atoms with E-state index in [9.17, 15) is 14.4 Å². The number of nitrogens with one attached hydrogen (secondary N) is 1. The van der Waals surface area contributed by atoms with Crippen LogP contribution in [0.5, 0.6) is 0 Å². The Balaban J connectivity index is 4.55. The number of carbonyl (C=O) groups is 3. The Kier molecular flexibility index (Phi) is 8.03. The van der Waals surface area contributed by atoms with Gasteiger partial charge in [0.15, 0.2) is 0 Å². The number of nitrogens with zero attached hydrogens (tertiary/aromatic N) is 2. The van der Waals surface area contributed by atoms with Crippen molar-refractivity contribution in [2.75, 3.05) is 7.11 Å². The molecule has 0 spiro atoms. The fourth-order valence-electron chi connectivity index (χ4n) is 1.39. The zero-order chi connectivity index (χ0) is 15.7. The van der Waals surface area contributed by atoms with E-state index in [0.29, 0.717) is 6.21 Å². The molecule has 20 heavy (non-hydrogen) atoms. The van der Waals surface area contributed by atoms with E-state index >= 15 is 0 Å². The van der Waals surface area contributed by atoms with Crippen molar-refractivity contribution < 1.29 is 29.0 Å². The van der Waals surface area contributed by atoms with Crippen molar-refractivity contribution in [3.8, 4) is 0 Å². The van der Waals surface area contributed by atoms with E-state index in [1.165, 1.54) is 7.11 Å². The first-order valence-corrected chi connectivity index (χ1v) is 6.09. The smallest absolute Gasteiger partial charge is 0.326 e. The van der Waals surface area contributed by atoms with Gasteiger partial charge in [-0.3, -0.25) is 9.59 Å². The quantitative estimate of drug-likeness (QED) is 0.346. The minimum absolute atomic E-state index is 0.0833. The van der Waals surface area contributed by atoms with Crippen molar-refractivity contribution >= 4 is 23.9 Å². The summed E-state index contributed by atoms with van der Waals surface area (Å²) >= 11 is 0. The van der Waals surface area contributed by atoms with Crippen molar-refractivity contribution in [1.82, 2.24) is 5.32 Å². The Labute approximate surface area is 116 Å². The van der Waals surface area contributed by atoms with Crippen LogP contribution in [-0.4, -0.2) is 53.0 Å². The molecule has 3 atom stereocenters. The molecular weight excluding hydrogens is 266 g/mol. The minimum atomic E-state index is -1.23. The third kappa shape index (κ3) is 6.21. The number of hydrogen-bond acceptors (Lipinski definition) is 4. The summed E-state index contributed by atoms with van der Waals surface area (Å²) in [6, 6.07) is -1.18. The van der Waals surface area contributed by atoms with Crippen LogP contribution in [0.3, 0.4) is 0 Å². The third-order valence-electron chi connectivity index (χ3n) is 2.99. The zero-order valence-corrected chi connectivity index (χ0v) is 11.7. The molecule has 112 valence electrons. The van der Waals surface area contributed by atoms with Crippen molar-refractivity contribution in [1.29, 1.82) is 0 Å². The summed E-state index contributed by atoms with van der Waals surface area (Å²) in [5, 5.41) is 11.4. The minimum Gasteiger partial charge on any atom is -0.480 e. The molecule has 0 aliphatic heterocycles. The predicted octanol–water partition coefficient (Wildman–Crippen LogP) is -0.123. The Hall–Kier alpha value is -2.05. The van der Waals surface area contributed by atoms with Gasteiger partial charge in [0.2, 0.25) is 11.7 Å². The molecule has 0 aromatic carbocycles. The topological polar surface area (TPSA) is 129 Å². The standard InChI is InChI=1S/C12H19N3O5/c1-7(8(2)20-3)11(17)15-10(12(18)19)5-4-9(16)6-14-13/h6-8,10H,4-5H2,1-3H3,(H,15,17)(H,18,19)/t7-,8-,10?/m0/s1. The highest BCUT2D eigenvalue weighted by molar-refractivity contribution is 6.25. The number of ketones is 1. The van der Waals surface area contributed by atoms with Gasteiger partial charge in [0.05, 0.1) is 12.0 Å². The molecule has 2 N–H and O–H groups in total. The maximum atomic E-state index is 11.8. The number of ether oxygens (including phenoxy) is 1. The lowest BCUT2D eigenvalue weighted by Gasteiger charge is -2.20. The van der Waals surface area contributed by atoms with Gasteiger partial charge in [0.1, 0.15) is 6.04 Å². The van der Waals surface area contributed by atoms with Gasteiger partial charge in [-0.05, 0) is 13.3 Å². The summed E-state index contributed by atoms with van der Waals surface area (Å²) in [6.45, 7) is 3.31. The number of methoxy groups -OCH3 is 1. The Morgan fingerprint density at radius 2 is 2.00 bits per heavy atom. The third-order valence-corrected chi connectivity index (χ3v) is 2.99. The summed E-state index contributed by atoms with van der Waals surface area (Å²) < 4.78 is 5.00. The second-order valence-corrected chi connectivity index (χ2v) is 4.38. The first-order valence-electron chi connectivity index (χ1n) is 6.09. The molecule has 8 nitrogen and oxygen atoms in total. The Morgan fingerprint density at radius 3 is 2.45 bits per heavy atom. The van der Waals surface area contributed by atoms with Crippen molar-refractivity contribution in [2.24, 2.45) is 5.92 Å². The van der Waals surface area contributed by atoms with Gasteiger partial charge >= 0.3 is 12.2 Å². The second kappa shape index (κ2) is 8.95. The van der Waals surface area contributed by atoms with E-state index in [1.54, 1.807) is 13.8 Å². The molecule has 0 aliphatic carbocycles. The summed E-state index contributed by atoms with van der Waals surface area (Å²) in [7, 11) is 1.45. The lowest BCUT2D eigenvalue weighted by molar-refractivity contribution is -0.143. The fraction of sp³-hybridized carbons (Fsp3) is 0.667. The summed E-state index contributed by atoms with van der Waals surface area (Å²) in [6.07, 6.45) is 0.110. The molecule has 0 fully saturated rings. The second-order valence-electron chi connectivity index (χ2n) is 4.38. The normalized spacial score (nSPS) is 14.6. The first kappa shape index (κ1) is 17.9. The molecule has 0 bridgehead atoms. The van der Waals surface area contributed by atoms with Crippen LogP contribution in [0.4, 0.5) is 0 Å². The summed E-state index contributed by atoms with van der Waals surface area (Å²) in [5.41, 5.74) is 8.17. The SMILES string of the molecule is CO[C@@H](C)[C@H](C)C(=O)NC(CCC(=O)C=[N+]=[N-])C(=O)O. The van der Waals surface area contributed by atoms with E-state index in [2.05, 4.69) is 10.1 Å². The molecule has 0 aliphatic rings. The number of carboxylic acids is 1. The molecule has 0 heterocycles. The molecular formula is C12H19N3O5. The van der Waals surface area contributed by atoms with E-state index in [-0.39, 0.29) is 18.9 Å². The van der Waals surface area contributed by atoms with E-state index in [4.69, 9.17) is 15.4 Å². The summed E-state index contributed by atoms with van der Waals surface area (Å²) in [5.74, 6) is -2.73. The van der Waals surface area contributed by atoms with Gasteiger partial charge in [-0.2, -0.15) is 4.79 Å². The van der Waals surface area contributed by atoms with Crippen LogP contribution in [0.15, 0.2) is 0 Å². The van der Waals surface area contributed by atoms with E-state index in [0.717, 1.165) is 0 Å². The van der Waals surface area contributed by atoms with E-state index < -0.39 is 29.6 Å². The van der Waals surface area contributed by atoms with Gasteiger partial charge in [0, 0.05) is 13.5 Å². The Bertz CT molecular complexity index is 417. The highest BCUT2D eigenvalue weighted by Crippen LogP contribution is 2.07. The van der Waals surface area contributed by atoms with Gasteiger partial charge in [-0.1, -0.05) is 6.92 Å². The molecule has 0 radical (unpaired) electrons. The Morgan fingerprint density at radius 1 is 1.40 bits per heavy atom. The van der Waals surface area contributed by atoms with Crippen molar-refractivity contribution in [2.45, 2.75) is 38.8 Å². The van der Waals surface area contributed by atoms with Crippen LogP contribution < -0.4 is 5.32 Å². The number of carboxylic acid groups (broad SMARTS) is 1. The molecule has 0 rings (SSSR count). The highest BCUT2D eigenvalue weighted by Gasteiger charge is 2.26.